The fourth-order valence-corrected chi connectivity index (χ4v) is 3.84. The molecular weight excluding hydrogens is 415 g/mol. The number of hydrogen-bond donors (Lipinski definition) is 1. The summed E-state index contributed by atoms with van der Waals surface area (Å²) in [5.74, 6) is -0.439. The van der Waals surface area contributed by atoms with E-state index in [9.17, 15) is 13.2 Å². The lowest BCUT2D eigenvalue weighted by atomic mass is 10.2. The predicted molar refractivity (Wildman–Crippen MR) is 105 cm³/mol. The van der Waals surface area contributed by atoms with Gasteiger partial charge in [-0.1, -0.05) is 35.3 Å². The minimum absolute atomic E-state index is 0.0841. The van der Waals surface area contributed by atoms with Crippen LogP contribution in [0.15, 0.2) is 52.7 Å². The van der Waals surface area contributed by atoms with E-state index < -0.39 is 15.7 Å². The van der Waals surface area contributed by atoms with Crippen molar-refractivity contribution in [1.29, 1.82) is 0 Å². The molecule has 2 aromatic carbocycles. The van der Waals surface area contributed by atoms with Crippen molar-refractivity contribution in [2.45, 2.75) is 4.90 Å². The molecule has 3 rings (SSSR count). The summed E-state index contributed by atoms with van der Waals surface area (Å²) in [7, 11) is -3.39. The van der Waals surface area contributed by atoms with Gasteiger partial charge in [0.2, 0.25) is 0 Å². The molecule has 0 aliphatic carbocycles. The molecule has 1 amide bonds. The highest BCUT2D eigenvalue weighted by atomic mass is 35.5. The second-order valence-corrected chi connectivity index (χ2v) is 9.11. The maximum absolute atomic E-state index is 12.4. The van der Waals surface area contributed by atoms with Crippen LogP contribution < -0.4 is 5.32 Å². The molecule has 3 aromatic rings. The molecule has 0 radical (unpaired) electrons. The van der Waals surface area contributed by atoms with E-state index in [2.05, 4.69) is 10.3 Å². The van der Waals surface area contributed by atoms with Crippen LogP contribution in [0, 0.1) is 0 Å². The molecule has 5 nitrogen and oxygen atoms in total. The minimum Gasteiger partial charge on any atom is -0.298 e. The van der Waals surface area contributed by atoms with Gasteiger partial charge in [0.25, 0.3) is 5.91 Å². The number of benzene rings is 2. The molecule has 26 heavy (non-hydrogen) atoms. The fraction of sp³-hybridized carbons (Fsp3) is 0.0588. The van der Waals surface area contributed by atoms with E-state index in [1.807, 2.05) is 0 Å². The van der Waals surface area contributed by atoms with Crippen molar-refractivity contribution in [3.8, 4) is 11.3 Å². The molecule has 1 heterocycles. The quantitative estimate of drug-likeness (QED) is 0.651. The summed E-state index contributed by atoms with van der Waals surface area (Å²) < 4.78 is 23.2. The zero-order chi connectivity index (χ0) is 18.9. The number of amides is 1. The summed E-state index contributed by atoms with van der Waals surface area (Å²) in [5, 5.41) is 5.70. The Morgan fingerprint density at radius 1 is 1.12 bits per heavy atom. The summed E-state index contributed by atoms with van der Waals surface area (Å²) >= 11 is 13.2. The van der Waals surface area contributed by atoms with Crippen LogP contribution in [0.5, 0.6) is 0 Å². The first-order valence-corrected chi connectivity index (χ1v) is 10.8. The maximum Gasteiger partial charge on any atom is 0.257 e. The van der Waals surface area contributed by atoms with Crippen LogP contribution in [-0.2, 0) is 9.84 Å². The molecule has 0 saturated heterocycles. The predicted octanol–water partition coefficient (Wildman–Crippen LogP) is 4.77. The molecule has 0 bridgehead atoms. The van der Waals surface area contributed by atoms with E-state index in [0.29, 0.717) is 20.9 Å². The number of nitrogens with zero attached hydrogens (tertiary/aromatic N) is 1. The molecule has 134 valence electrons. The summed E-state index contributed by atoms with van der Waals surface area (Å²) in [6.45, 7) is 0. The largest absolute Gasteiger partial charge is 0.298 e. The Balaban J connectivity index is 1.81. The number of carbonyl (C=O) groups is 1. The third-order valence-electron chi connectivity index (χ3n) is 3.46. The third-order valence-corrected chi connectivity index (χ3v) is 6.07. The van der Waals surface area contributed by atoms with Crippen molar-refractivity contribution in [2.75, 3.05) is 11.6 Å². The van der Waals surface area contributed by atoms with Gasteiger partial charge in [-0.05, 0) is 30.3 Å². The van der Waals surface area contributed by atoms with Crippen LogP contribution in [0.25, 0.3) is 11.3 Å². The zero-order valence-corrected chi connectivity index (χ0v) is 16.5. The number of aromatic nitrogens is 1. The van der Waals surface area contributed by atoms with Gasteiger partial charge in [0.05, 0.1) is 20.6 Å². The van der Waals surface area contributed by atoms with Gasteiger partial charge in [0.15, 0.2) is 15.0 Å². The highest BCUT2D eigenvalue weighted by Gasteiger charge is 2.14. The first-order valence-electron chi connectivity index (χ1n) is 7.26. The number of anilines is 1. The van der Waals surface area contributed by atoms with Crippen LogP contribution in [-0.4, -0.2) is 25.6 Å². The van der Waals surface area contributed by atoms with Crippen LogP contribution >= 0.6 is 34.5 Å². The van der Waals surface area contributed by atoms with E-state index >= 15 is 0 Å². The van der Waals surface area contributed by atoms with Gasteiger partial charge in [-0.25, -0.2) is 13.4 Å². The molecule has 0 aliphatic rings. The Labute approximate surface area is 164 Å². The molecule has 1 N–H and O–H groups in total. The minimum atomic E-state index is -3.39. The molecule has 0 aliphatic heterocycles. The van der Waals surface area contributed by atoms with Gasteiger partial charge >= 0.3 is 0 Å². The fourth-order valence-electron chi connectivity index (χ4n) is 2.16. The number of carbonyl (C=O) groups excluding carboxylic acids is 1. The van der Waals surface area contributed by atoms with E-state index in [-0.39, 0.29) is 10.5 Å². The summed E-state index contributed by atoms with van der Waals surface area (Å²) in [4.78, 5) is 16.8. The summed E-state index contributed by atoms with van der Waals surface area (Å²) in [6, 6.07) is 11.0. The Kier molecular flexibility index (Phi) is 5.34. The van der Waals surface area contributed by atoms with Gasteiger partial charge < -0.3 is 0 Å². The van der Waals surface area contributed by atoms with Gasteiger partial charge in [-0.2, -0.15) is 0 Å². The van der Waals surface area contributed by atoms with E-state index in [1.54, 1.807) is 23.6 Å². The number of sulfone groups is 1. The van der Waals surface area contributed by atoms with Gasteiger partial charge in [0, 0.05) is 22.8 Å². The monoisotopic (exact) mass is 426 g/mol. The normalized spacial score (nSPS) is 11.3. The number of halogens is 2. The average Bonchev–Trinajstić information content (AvgIpc) is 3.05. The van der Waals surface area contributed by atoms with E-state index in [4.69, 9.17) is 23.2 Å². The lowest BCUT2D eigenvalue weighted by Crippen LogP contribution is -2.12. The van der Waals surface area contributed by atoms with Crippen LogP contribution in [0.3, 0.4) is 0 Å². The zero-order valence-electron chi connectivity index (χ0n) is 13.4. The molecule has 9 heteroatoms. The third kappa shape index (κ3) is 4.24. The number of nitrogens with one attached hydrogen (secondary N) is 1. The van der Waals surface area contributed by atoms with Gasteiger partial charge in [0.1, 0.15) is 0 Å². The average molecular weight is 427 g/mol. The number of thiazole rings is 1. The van der Waals surface area contributed by atoms with E-state index in [0.717, 1.165) is 11.8 Å². The summed E-state index contributed by atoms with van der Waals surface area (Å²) in [6.07, 6.45) is 1.09. The van der Waals surface area contributed by atoms with Crippen LogP contribution in [0.4, 0.5) is 5.13 Å². The van der Waals surface area contributed by atoms with Crippen LogP contribution in [0.2, 0.25) is 10.0 Å². The highest BCUT2D eigenvalue weighted by Crippen LogP contribution is 2.30. The second-order valence-electron chi connectivity index (χ2n) is 5.42. The molecule has 0 saturated carbocycles. The Morgan fingerprint density at radius 3 is 2.58 bits per heavy atom. The second kappa shape index (κ2) is 7.36. The van der Waals surface area contributed by atoms with Gasteiger partial charge in [-0.3, -0.25) is 10.1 Å². The smallest absolute Gasteiger partial charge is 0.257 e. The standard InChI is InChI=1S/C17H12Cl2N2O3S2/c1-26(23,24)12-4-2-3-11(7-12)16(22)21-17-20-15(9-25-17)10-5-6-13(18)14(19)8-10/h2-9H,1H3,(H,20,21,22). The molecule has 0 unspecified atom stereocenters. The number of hydrogen-bond acceptors (Lipinski definition) is 5. The molecule has 0 fully saturated rings. The number of rotatable bonds is 4. The highest BCUT2D eigenvalue weighted by molar-refractivity contribution is 7.90. The topological polar surface area (TPSA) is 76.1 Å². The maximum atomic E-state index is 12.4. The Morgan fingerprint density at radius 2 is 1.88 bits per heavy atom. The molecule has 1 aromatic heterocycles. The van der Waals surface area contributed by atoms with Crippen molar-refractivity contribution >= 4 is 55.4 Å². The van der Waals surface area contributed by atoms with Crippen molar-refractivity contribution in [3.63, 3.8) is 0 Å². The van der Waals surface area contributed by atoms with Crippen molar-refractivity contribution < 1.29 is 13.2 Å². The molecule has 0 spiro atoms. The van der Waals surface area contributed by atoms with Crippen LogP contribution in [0.1, 0.15) is 10.4 Å². The summed E-state index contributed by atoms with van der Waals surface area (Å²) in [5.41, 5.74) is 1.66. The van der Waals surface area contributed by atoms with Gasteiger partial charge in [-0.15, -0.1) is 11.3 Å². The van der Waals surface area contributed by atoms with Crippen molar-refractivity contribution in [3.05, 3.63) is 63.5 Å². The lowest BCUT2D eigenvalue weighted by Gasteiger charge is -2.04. The first kappa shape index (κ1) is 18.8. The molecule has 0 atom stereocenters. The first-order chi connectivity index (χ1) is 12.2. The SMILES string of the molecule is CS(=O)(=O)c1cccc(C(=O)Nc2nc(-c3ccc(Cl)c(Cl)c3)cs2)c1. The Bertz CT molecular complexity index is 1090. The van der Waals surface area contributed by atoms with Crippen molar-refractivity contribution in [2.24, 2.45) is 0 Å². The lowest BCUT2D eigenvalue weighted by molar-refractivity contribution is 0.102. The van der Waals surface area contributed by atoms with Crippen molar-refractivity contribution in [1.82, 2.24) is 4.98 Å². The molecular formula is C17H12Cl2N2O3S2. The van der Waals surface area contributed by atoms with E-state index in [1.165, 1.54) is 35.6 Å². The Hall–Kier alpha value is -1.93.